The fourth-order valence-electron chi connectivity index (χ4n) is 1.78. The Hall–Kier alpha value is -1.34. The van der Waals surface area contributed by atoms with Crippen LogP contribution >= 0.6 is 0 Å². The van der Waals surface area contributed by atoms with Gasteiger partial charge in [0.25, 0.3) is 0 Å². The molecule has 7 heteroatoms. The van der Waals surface area contributed by atoms with Gasteiger partial charge in [-0.25, -0.2) is 4.79 Å². The summed E-state index contributed by atoms with van der Waals surface area (Å²) < 4.78 is 5.24. The maximum atomic E-state index is 12.1. The van der Waals surface area contributed by atoms with Gasteiger partial charge in [0, 0.05) is 18.5 Å². The van der Waals surface area contributed by atoms with Crippen molar-refractivity contribution in [3.8, 4) is 0 Å². The average Bonchev–Trinajstić information content (AvgIpc) is 2.32. The fraction of sp³-hybridized carbons (Fsp3) is 0.857. The summed E-state index contributed by atoms with van der Waals surface area (Å²) >= 11 is 0. The molecule has 21 heavy (non-hydrogen) atoms. The van der Waals surface area contributed by atoms with E-state index >= 15 is 0 Å². The Morgan fingerprint density at radius 1 is 1.24 bits per heavy atom. The second-order valence-electron chi connectivity index (χ2n) is 6.82. The Morgan fingerprint density at radius 3 is 2.19 bits per heavy atom. The summed E-state index contributed by atoms with van der Waals surface area (Å²) in [4.78, 5) is 25.4. The molecule has 1 aliphatic rings. The van der Waals surface area contributed by atoms with E-state index in [1.807, 2.05) is 0 Å². The molecule has 0 aromatic carbocycles. The third-order valence-electron chi connectivity index (χ3n) is 3.40. The molecule has 1 atom stereocenters. The Bertz CT molecular complexity index is 387. The molecule has 0 aromatic heterocycles. The normalized spacial score (nSPS) is 19.0. The van der Waals surface area contributed by atoms with Crippen molar-refractivity contribution in [1.82, 2.24) is 10.2 Å². The summed E-state index contributed by atoms with van der Waals surface area (Å²) in [5, 5.41) is 21.0. The molecule has 0 saturated carbocycles. The van der Waals surface area contributed by atoms with Crippen molar-refractivity contribution in [1.29, 1.82) is 0 Å². The predicted octanol–water partition coefficient (Wildman–Crippen LogP) is 0.103. The zero-order valence-electron chi connectivity index (χ0n) is 13.2. The molecule has 122 valence electrons. The number of nitrogens with zero attached hydrogens (tertiary/aromatic N) is 1. The highest BCUT2D eigenvalue weighted by Gasteiger charge is 2.40. The van der Waals surface area contributed by atoms with E-state index in [4.69, 9.17) is 4.74 Å². The number of aliphatic hydroxyl groups is 2. The summed E-state index contributed by atoms with van der Waals surface area (Å²) in [5.41, 5.74) is -1.36. The second-order valence-corrected chi connectivity index (χ2v) is 6.82. The Morgan fingerprint density at radius 2 is 1.81 bits per heavy atom. The smallest absolute Gasteiger partial charge is 0.410 e. The van der Waals surface area contributed by atoms with E-state index in [-0.39, 0.29) is 25.7 Å². The van der Waals surface area contributed by atoms with E-state index in [0.29, 0.717) is 13.0 Å². The summed E-state index contributed by atoms with van der Waals surface area (Å²) in [6, 6.07) is -0.540. The maximum Gasteiger partial charge on any atom is 0.410 e. The number of nitrogens with one attached hydrogen (secondary N) is 1. The first-order valence-corrected chi connectivity index (χ1v) is 7.11. The lowest BCUT2D eigenvalue weighted by Gasteiger charge is -2.40. The van der Waals surface area contributed by atoms with Crippen LogP contribution in [0.2, 0.25) is 0 Å². The zero-order chi connectivity index (χ0) is 16.3. The molecule has 2 amide bonds. The monoisotopic (exact) mass is 302 g/mol. The number of ether oxygens (including phenoxy) is 1. The van der Waals surface area contributed by atoms with E-state index in [1.54, 1.807) is 27.7 Å². The van der Waals surface area contributed by atoms with Crippen LogP contribution in [0.3, 0.4) is 0 Å². The SMILES string of the molecule is CC(CO)(CO)CNC(=O)[C@H]1CCN1C(=O)OC(C)(C)C. The van der Waals surface area contributed by atoms with Crippen LogP contribution in [0.4, 0.5) is 4.79 Å². The van der Waals surface area contributed by atoms with Crippen LogP contribution < -0.4 is 5.32 Å². The topological polar surface area (TPSA) is 99.1 Å². The van der Waals surface area contributed by atoms with E-state index in [1.165, 1.54) is 4.90 Å². The number of amides is 2. The average molecular weight is 302 g/mol. The number of carbonyl (C=O) groups excluding carboxylic acids is 2. The van der Waals surface area contributed by atoms with Crippen LogP contribution in [0.25, 0.3) is 0 Å². The molecule has 1 saturated heterocycles. The van der Waals surface area contributed by atoms with Gasteiger partial charge in [-0.2, -0.15) is 0 Å². The molecule has 1 fully saturated rings. The fourth-order valence-corrected chi connectivity index (χ4v) is 1.78. The predicted molar refractivity (Wildman–Crippen MR) is 76.6 cm³/mol. The number of rotatable bonds is 5. The summed E-state index contributed by atoms with van der Waals surface area (Å²) in [7, 11) is 0. The van der Waals surface area contributed by atoms with Crippen molar-refractivity contribution < 1.29 is 24.5 Å². The first-order valence-electron chi connectivity index (χ1n) is 7.11. The number of hydrogen-bond donors (Lipinski definition) is 3. The molecule has 1 heterocycles. The molecule has 0 spiro atoms. The van der Waals surface area contributed by atoms with Gasteiger partial charge in [0.15, 0.2) is 0 Å². The van der Waals surface area contributed by atoms with E-state index in [0.717, 1.165) is 0 Å². The third kappa shape index (κ3) is 4.86. The summed E-state index contributed by atoms with van der Waals surface area (Å²) in [6.07, 6.45) is 0.0843. The lowest BCUT2D eigenvalue weighted by Crippen LogP contribution is -2.60. The van der Waals surface area contributed by atoms with E-state index in [2.05, 4.69) is 5.32 Å². The van der Waals surface area contributed by atoms with Crippen molar-refractivity contribution in [2.75, 3.05) is 26.3 Å². The van der Waals surface area contributed by atoms with Gasteiger partial charge in [-0.1, -0.05) is 6.92 Å². The van der Waals surface area contributed by atoms with Gasteiger partial charge in [-0.3, -0.25) is 9.69 Å². The zero-order valence-corrected chi connectivity index (χ0v) is 13.2. The molecule has 0 radical (unpaired) electrons. The quantitative estimate of drug-likeness (QED) is 0.669. The van der Waals surface area contributed by atoms with Crippen molar-refractivity contribution >= 4 is 12.0 Å². The standard InChI is InChI=1S/C14H26N2O5/c1-13(2,3)21-12(20)16-6-5-10(16)11(19)15-7-14(4,8-17)9-18/h10,17-18H,5-9H2,1-4H3,(H,15,19)/t10-/m1/s1. The van der Waals surface area contributed by atoms with Crippen LogP contribution in [-0.4, -0.2) is 65.1 Å². The van der Waals surface area contributed by atoms with Gasteiger partial charge in [0.2, 0.25) is 5.91 Å². The van der Waals surface area contributed by atoms with Crippen molar-refractivity contribution in [2.45, 2.75) is 45.8 Å². The van der Waals surface area contributed by atoms with Gasteiger partial charge < -0.3 is 20.3 Å². The highest BCUT2D eigenvalue weighted by Crippen LogP contribution is 2.22. The van der Waals surface area contributed by atoms with Crippen molar-refractivity contribution in [3.05, 3.63) is 0 Å². The molecule has 1 rings (SSSR count). The molecule has 3 N–H and O–H groups in total. The lowest BCUT2D eigenvalue weighted by molar-refractivity contribution is -0.131. The van der Waals surface area contributed by atoms with Gasteiger partial charge in [0.1, 0.15) is 11.6 Å². The van der Waals surface area contributed by atoms with Gasteiger partial charge >= 0.3 is 6.09 Å². The van der Waals surface area contributed by atoms with E-state index < -0.39 is 23.2 Å². The minimum absolute atomic E-state index is 0.150. The van der Waals surface area contributed by atoms with Crippen LogP contribution in [0.1, 0.15) is 34.1 Å². The second kappa shape index (κ2) is 6.62. The first kappa shape index (κ1) is 17.7. The van der Waals surface area contributed by atoms with Crippen molar-refractivity contribution in [2.24, 2.45) is 5.41 Å². The van der Waals surface area contributed by atoms with Crippen LogP contribution in [0.5, 0.6) is 0 Å². The minimum Gasteiger partial charge on any atom is -0.444 e. The Labute approximate surface area is 125 Å². The number of aliphatic hydroxyl groups excluding tert-OH is 2. The largest absolute Gasteiger partial charge is 0.444 e. The maximum absolute atomic E-state index is 12.1. The van der Waals surface area contributed by atoms with Gasteiger partial charge in [-0.15, -0.1) is 0 Å². The van der Waals surface area contributed by atoms with Crippen LogP contribution in [0, 0.1) is 5.41 Å². The molecule has 1 aliphatic heterocycles. The minimum atomic E-state index is -0.768. The molecule has 0 aromatic rings. The first-order chi connectivity index (χ1) is 9.62. The highest BCUT2D eigenvalue weighted by atomic mass is 16.6. The van der Waals surface area contributed by atoms with Crippen LogP contribution in [-0.2, 0) is 9.53 Å². The summed E-state index contributed by atoms with van der Waals surface area (Å²) in [5.74, 6) is -0.291. The molecule has 0 unspecified atom stereocenters. The molecular weight excluding hydrogens is 276 g/mol. The number of likely N-dealkylation sites (tertiary alicyclic amines) is 1. The molecule has 0 aliphatic carbocycles. The molecule has 0 bridgehead atoms. The number of hydrogen-bond acceptors (Lipinski definition) is 5. The molecule has 7 nitrogen and oxygen atoms in total. The lowest BCUT2D eigenvalue weighted by atomic mass is 9.92. The highest BCUT2D eigenvalue weighted by molar-refractivity contribution is 5.87. The molecular formula is C14H26N2O5. The summed E-state index contributed by atoms with van der Waals surface area (Å²) in [6.45, 7) is 7.16. The third-order valence-corrected chi connectivity index (χ3v) is 3.40. The Balaban J connectivity index is 2.50. The van der Waals surface area contributed by atoms with Gasteiger partial charge in [-0.05, 0) is 27.2 Å². The Kier molecular flexibility index (Phi) is 5.58. The van der Waals surface area contributed by atoms with Crippen molar-refractivity contribution in [3.63, 3.8) is 0 Å². The van der Waals surface area contributed by atoms with Gasteiger partial charge in [0.05, 0.1) is 13.2 Å². The number of carbonyl (C=O) groups is 2. The van der Waals surface area contributed by atoms with E-state index in [9.17, 15) is 19.8 Å². The van der Waals surface area contributed by atoms with Crippen LogP contribution in [0.15, 0.2) is 0 Å².